The maximum Gasteiger partial charge on any atom is 0.321 e. The minimum Gasteiger partial charge on any atom is -0.465 e. The molecular weight excluding hydrogens is 335 g/mol. The fourth-order valence-corrected chi connectivity index (χ4v) is 3.36. The smallest absolute Gasteiger partial charge is 0.321 e. The van der Waals surface area contributed by atoms with E-state index in [9.17, 15) is 17.6 Å². The first-order chi connectivity index (χ1) is 11.4. The van der Waals surface area contributed by atoms with Gasteiger partial charge >= 0.3 is 5.97 Å². The molecule has 0 N–H and O–H groups in total. The molecule has 0 bridgehead atoms. The van der Waals surface area contributed by atoms with Crippen LogP contribution in [0.3, 0.4) is 0 Å². The van der Waals surface area contributed by atoms with Crippen LogP contribution in [0.1, 0.15) is 12.6 Å². The standard InChI is InChI=1S/C16H17FN2O4S/c1-2-23-16(20)12-19(11-14-5-3-4-10-18-14)24(21,22)15-8-6-13(17)7-9-15/h3-10H,2,11-12H2,1H3. The Morgan fingerprint density at radius 2 is 1.92 bits per heavy atom. The first-order valence-electron chi connectivity index (χ1n) is 7.24. The Hall–Kier alpha value is -2.32. The van der Waals surface area contributed by atoms with E-state index in [1.54, 1.807) is 25.1 Å². The monoisotopic (exact) mass is 352 g/mol. The van der Waals surface area contributed by atoms with E-state index in [0.717, 1.165) is 28.6 Å². The third-order valence-electron chi connectivity index (χ3n) is 3.13. The van der Waals surface area contributed by atoms with Crippen molar-refractivity contribution in [1.82, 2.24) is 9.29 Å². The number of esters is 1. The molecule has 0 amide bonds. The number of carbonyl (C=O) groups excluding carboxylic acids is 1. The molecule has 0 aliphatic heterocycles. The third kappa shape index (κ3) is 4.59. The van der Waals surface area contributed by atoms with Crippen LogP contribution in [0.4, 0.5) is 4.39 Å². The molecule has 0 atom stereocenters. The number of ether oxygens (including phenoxy) is 1. The summed E-state index contributed by atoms with van der Waals surface area (Å²) in [5, 5.41) is 0. The van der Waals surface area contributed by atoms with Crippen molar-refractivity contribution in [2.75, 3.05) is 13.2 Å². The summed E-state index contributed by atoms with van der Waals surface area (Å²) in [5.41, 5.74) is 0.479. The van der Waals surface area contributed by atoms with Crippen molar-refractivity contribution in [3.63, 3.8) is 0 Å². The van der Waals surface area contributed by atoms with Crippen LogP contribution in [0.25, 0.3) is 0 Å². The summed E-state index contributed by atoms with van der Waals surface area (Å²) < 4.78 is 44.3. The first kappa shape index (κ1) is 18.0. The van der Waals surface area contributed by atoms with Gasteiger partial charge in [-0.2, -0.15) is 4.31 Å². The van der Waals surface area contributed by atoms with E-state index in [1.807, 2.05) is 0 Å². The van der Waals surface area contributed by atoms with E-state index in [2.05, 4.69) is 4.98 Å². The highest BCUT2D eigenvalue weighted by molar-refractivity contribution is 7.89. The molecule has 0 unspecified atom stereocenters. The Morgan fingerprint density at radius 3 is 2.50 bits per heavy atom. The van der Waals surface area contributed by atoms with Crippen LogP contribution < -0.4 is 0 Å². The molecule has 2 aromatic rings. The fraction of sp³-hybridized carbons (Fsp3) is 0.250. The van der Waals surface area contributed by atoms with Crippen LogP contribution >= 0.6 is 0 Å². The highest BCUT2D eigenvalue weighted by atomic mass is 32.2. The zero-order valence-corrected chi connectivity index (χ0v) is 13.9. The number of pyridine rings is 1. The number of rotatable bonds is 7. The second kappa shape index (κ2) is 7.98. The number of benzene rings is 1. The maximum absolute atomic E-state index is 13.0. The maximum atomic E-state index is 13.0. The lowest BCUT2D eigenvalue weighted by Gasteiger charge is -2.21. The molecule has 0 saturated heterocycles. The lowest BCUT2D eigenvalue weighted by atomic mass is 10.3. The Morgan fingerprint density at radius 1 is 1.21 bits per heavy atom. The quantitative estimate of drug-likeness (QED) is 0.712. The first-order valence-corrected chi connectivity index (χ1v) is 8.68. The number of aromatic nitrogens is 1. The minimum absolute atomic E-state index is 0.0979. The van der Waals surface area contributed by atoms with Gasteiger partial charge in [-0.25, -0.2) is 12.8 Å². The third-order valence-corrected chi connectivity index (χ3v) is 4.93. The second-order valence-electron chi connectivity index (χ2n) is 4.85. The van der Waals surface area contributed by atoms with Crippen LogP contribution in [0.5, 0.6) is 0 Å². The second-order valence-corrected chi connectivity index (χ2v) is 6.79. The largest absolute Gasteiger partial charge is 0.465 e. The summed E-state index contributed by atoms with van der Waals surface area (Å²) in [6.45, 7) is 1.23. The van der Waals surface area contributed by atoms with E-state index >= 15 is 0 Å². The van der Waals surface area contributed by atoms with Crippen LogP contribution in [0.2, 0.25) is 0 Å². The van der Waals surface area contributed by atoms with Crippen LogP contribution in [0.15, 0.2) is 53.6 Å². The summed E-state index contributed by atoms with van der Waals surface area (Å²) in [7, 11) is -4.00. The molecule has 6 nitrogen and oxygen atoms in total. The van der Waals surface area contributed by atoms with Crippen molar-refractivity contribution >= 4 is 16.0 Å². The SMILES string of the molecule is CCOC(=O)CN(Cc1ccccn1)S(=O)(=O)c1ccc(F)cc1. The molecule has 24 heavy (non-hydrogen) atoms. The molecule has 0 aliphatic carbocycles. The normalized spacial score (nSPS) is 11.5. The molecule has 0 fully saturated rings. The molecule has 8 heteroatoms. The molecule has 0 aliphatic rings. The number of hydrogen-bond donors (Lipinski definition) is 0. The Balaban J connectivity index is 2.32. The summed E-state index contributed by atoms with van der Waals surface area (Å²) in [6.07, 6.45) is 1.53. The van der Waals surface area contributed by atoms with Gasteiger partial charge in [-0.1, -0.05) is 6.07 Å². The molecule has 1 aromatic carbocycles. The Labute approximate surface area is 139 Å². The van der Waals surface area contributed by atoms with E-state index < -0.39 is 28.4 Å². The summed E-state index contributed by atoms with van der Waals surface area (Å²) >= 11 is 0. The van der Waals surface area contributed by atoms with Gasteiger partial charge < -0.3 is 4.74 Å². The van der Waals surface area contributed by atoms with E-state index in [0.29, 0.717) is 5.69 Å². The highest BCUT2D eigenvalue weighted by Gasteiger charge is 2.27. The van der Waals surface area contributed by atoms with E-state index in [4.69, 9.17) is 4.74 Å². The molecule has 1 aromatic heterocycles. The average molecular weight is 352 g/mol. The van der Waals surface area contributed by atoms with Gasteiger partial charge in [0.15, 0.2) is 0 Å². The van der Waals surface area contributed by atoms with Gasteiger partial charge in [-0.15, -0.1) is 0 Å². The van der Waals surface area contributed by atoms with Gasteiger partial charge in [-0.3, -0.25) is 9.78 Å². The van der Waals surface area contributed by atoms with Gasteiger partial charge in [0.2, 0.25) is 10.0 Å². The molecule has 1 heterocycles. The van der Waals surface area contributed by atoms with Crippen molar-refractivity contribution in [3.8, 4) is 0 Å². The topological polar surface area (TPSA) is 76.6 Å². The molecule has 0 saturated carbocycles. The predicted molar refractivity (Wildman–Crippen MR) is 84.9 cm³/mol. The lowest BCUT2D eigenvalue weighted by molar-refractivity contribution is -0.143. The average Bonchev–Trinajstić information content (AvgIpc) is 2.56. The lowest BCUT2D eigenvalue weighted by Crippen LogP contribution is -2.36. The van der Waals surface area contributed by atoms with E-state index in [1.165, 1.54) is 6.20 Å². The summed E-state index contributed by atoms with van der Waals surface area (Å²) in [6, 6.07) is 9.48. The number of hydrogen-bond acceptors (Lipinski definition) is 5. The van der Waals surface area contributed by atoms with Crippen molar-refractivity contribution < 1.29 is 22.3 Å². The van der Waals surface area contributed by atoms with Crippen LogP contribution in [-0.4, -0.2) is 36.8 Å². The summed E-state index contributed by atoms with van der Waals surface area (Å²) in [4.78, 5) is 15.7. The predicted octanol–water partition coefficient (Wildman–Crippen LogP) is 1.97. The van der Waals surface area contributed by atoms with Gasteiger partial charge in [0.25, 0.3) is 0 Å². The van der Waals surface area contributed by atoms with Crippen molar-refractivity contribution in [2.24, 2.45) is 0 Å². The van der Waals surface area contributed by atoms with Crippen LogP contribution in [0, 0.1) is 5.82 Å². The molecule has 128 valence electrons. The van der Waals surface area contributed by atoms with Crippen LogP contribution in [-0.2, 0) is 26.1 Å². The molecular formula is C16H17FN2O4S. The van der Waals surface area contributed by atoms with E-state index in [-0.39, 0.29) is 18.0 Å². The highest BCUT2D eigenvalue weighted by Crippen LogP contribution is 2.18. The number of halogens is 1. The van der Waals surface area contributed by atoms with Crippen molar-refractivity contribution in [1.29, 1.82) is 0 Å². The van der Waals surface area contributed by atoms with Crippen molar-refractivity contribution in [3.05, 3.63) is 60.2 Å². The van der Waals surface area contributed by atoms with Gasteiger partial charge in [0.05, 0.1) is 23.7 Å². The fourth-order valence-electron chi connectivity index (χ4n) is 2.00. The number of carbonyl (C=O) groups is 1. The Bertz CT molecular complexity index is 779. The molecule has 0 spiro atoms. The van der Waals surface area contributed by atoms with Gasteiger partial charge in [0, 0.05) is 6.20 Å². The Kier molecular flexibility index (Phi) is 5.99. The number of sulfonamides is 1. The van der Waals surface area contributed by atoms with Gasteiger partial charge in [-0.05, 0) is 43.3 Å². The zero-order chi connectivity index (χ0) is 17.6. The number of nitrogens with zero attached hydrogens (tertiary/aromatic N) is 2. The van der Waals surface area contributed by atoms with Gasteiger partial charge in [0.1, 0.15) is 12.4 Å². The zero-order valence-electron chi connectivity index (χ0n) is 13.1. The molecule has 0 radical (unpaired) electrons. The molecule has 2 rings (SSSR count). The van der Waals surface area contributed by atoms with Crippen molar-refractivity contribution in [2.45, 2.75) is 18.4 Å². The minimum atomic E-state index is -4.00. The summed E-state index contributed by atoms with van der Waals surface area (Å²) in [5.74, 6) is -1.21.